The minimum absolute atomic E-state index is 0.184. The van der Waals surface area contributed by atoms with E-state index in [9.17, 15) is 4.39 Å². The molecule has 72 valence electrons. The van der Waals surface area contributed by atoms with E-state index < -0.39 is 0 Å². The Kier molecular flexibility index (Phi) is 2.45. The van der Waals surface area contributed by atoms with Gasteiger partial charge in [0.2, 0.25) is 0 Å². The maximum atomic E-state index is 13.2. The minimum Gasteiger partial charge on any atom is -0.397 e. The molecular formula is C10H15FN2. The Morgan fingerprint density at radius 2 is 1.92 bits per heavy atom. The molecule has 0 saturated carbocycles. The molecule has 13 heavy (non-hydrogen) atoms. The van der Waals surface area contributed by atoms with E-state index in [0.29, 0.717) is 11.4 Å². The lowest BCUT2D eigenvalue weighted by atomic mass is 10.1. The predicted octanol–water partition coefficient (Wildman–Crippen LogP) is 2.62. The van der Waals surface area contributed by atoms with Crippen molar-refractivity contribution in [2.24, 2.45) is 0 Å². The number of halogens is 1. The fourth-order valence-electron chi connectivity index (χ4n) is 1.05. The molecule has 0 amide bonds. The average Bonchev–Trinajstić information content (AvgIpc) is 1.95. The Balaban J connectivity index is 3.00. The number of nitrogens with two attached hydrogens (primary N) is 1. The fourth-order valence-corrected chi connectivity index (χ4v) is 1.05. The smallest absolute Gasteiger partial charge is 0.148 e. The van der Waals surface area contributed by atoms with Crippen LogP contribution < -0.4 is 11.1 Å². The van der Waals surface area contributed by atoms with E-state index in [1.807, 2.05) is 20.8 Å². The van der Waals surface area contributed by atoms with Crippen LogP contribution in [0.4, 0.5) is 15.8 Å². The van der Waals surface area contributed by atoms with E-state index in [2.05, 4.69) is 5.32 Å². The maximum Gasteiger partial charge on any atom is 0.148 e. The highest BCUT2D eigenvalue weighted by atomic mass is 19.1. The zero-order valence-electron chi connectivity index (χ0n) is 8.19. The number of nitrogens with one attached hydrogen (secondary N) is 1. The number of hydrogen-bond donors (Lipinski definition) is 2. The molecule has 0 bridgehead atoms. The number of nitrogen functional groups attached to an aromatic ring is 1. The standard InChI is InChI=1S/C10H15FN2/c1-10(2,3)13-9-7(11)5-4-6-8(9)12/h4-6,13H,12H2,1-3H3. The van der Waals surface area contributed by atoms with Crippen LogP contribution in [-0.2, 0) is 0 Å². The molecule has 0 aromatic heterocycles. The lowest BCUT2D eigenvalue weighted by Gasteiger charge is -2.23. The molecule has 0 heterocycles. The Morgan fingerprint density at radius 1 is 1.31 bits per heavy atom. The van der Waals surface area contributed by atoms with Crippen molar-refractivity contribution in [1.82, 2.24) is 0 Å². The van der Waals surface area contributed by atoms with Gasteiger partial charge in [-0.25, -0.2) is 4.39 Å². The maximum absolute atomic E-state index is 13.2. The number of rotatable bonds is 1. The molecule has 1 aromatic carbocycles. The number of hydrogen-bond acceptors (Lipinski definition) is 2. The molecule has 0 radical (unpaired) electrons. The van der Waals surface area contributed by atoms with Gasteiger partial charge >= 0.3 is 0 Å². The van der Waals surface area contributed by atoms with Crippen LogP contribution in [0.3, 0.4) is 0 Å². The van der Waals surface area contributed by atoms with E-state index in [4.69, 9.17) is 5.73 Å². The predicted molar refractivity (Wildman–Crippen MR) is 54.2 cm³/mol. The number of benzene rings is 1. The lowest BCUT2D eigenvalue weighted by molar-refractivity contribution is 0.599. The topological polar surface area (TPSA) is 38.0 Å². The zero-order chi connectivity index (χ0) is 10.1. The monoisotopic (exact) mass is 182 g/mol. The quantitative estimate of drug-likeness (QED) is 0.655. The molecule has 0 saturated heterocycles. The third-order valence-electron chi connectivity index (χ3n) is 1.55. The van der Waals surface area contributed by atoms with Gasteiger partial charge in [0, 0.05) is 5.54 Å². The Labute approximate surface area is 77.9 Å². The third-order valence-corrected chi connectivity index (χ3v) is 1.55. The third kappa shape index (κ3) is 2.61. The van der Waals surface area contributed by atoms with Gasteiger partial charge in [-0.3, -0.25) is 0 Å². The second-order valence-electron chi connectivity index (χ2n) is 4.08. The van der Waals surface area contributed by atoms with Gasteiger partial charge in [-0.1, -0.05) is 6.07 Å². The van der Waals surface area contributed by atoms with Gasteiger partial charge in [-0.15, -0.1) is 0 Å². The van der Waals surface area contributed by atoms with E-state index in [0.717, 1.165) is 0 Å². The van der Waals surface area contributed by atoms with Gasteiger partial charge in [0.05, 0.1) is 11.4 Å². The summed E-state index contributed by atoms with van der Waals surface area (Å²) in [4.78, 5) is 0. The van der Waals surface area contributed by atoms with Crippen molar-refractivity contribution in [3.8, 4) is 0 Å². The van der Waals surface area contributed by atoms with Gasteiger partial charge < -0.3 is 11.1 Å². The largest absolute Gasteiger partial charge is 0.397 e. The van der Waals surface area contributed by atoms with Crippen LogP contribution in [0.25, 0.3) is 0 Å². The van der Waals surface area contributed by atoms with Crippen molar-refractivity contribution in [1.29, 1.82) is 0 Å². The van der Waals surface area contributed by atoms with Gasteiger partial charge in [0.15, 0.2) is 0 Å². The minimum atomic E-state index is -0.310. The molecule has 1 rings (SSSR count). The molecule has 0 aliphatic carbocycles. The highest BCUT2D eigenvalue weighted by Crippen LogP contribution is 2.24. The van der Waals surface area contributed by atoms with Crippen LogP contribution in [0, 0.1) is 5.82 Å². The summed E-state index contributed by atoms with van der Waals surface area (Å²) in [6, 6.07) is 4.67. The summed E-state index contributed by atoms with van der Waals surface area (Å²) in [7, 11) is 0. The Morgan fingerprint density at radius 3 is 2.38 bits per heavy atom. The SMILES string of the molecule is CC(C)(C)Nc1c(N)cccc1F. The summed E-state index contributed by atoms with van der Waals surface area (Å²) in [6.45, 7) is 5.87. The van der Waals surface area contributed by atoms with E-state index in [1.165, 1.54) is 6.07 Å². The van der Waals surface area contributed by atoms with Gasteiger partial charge in [0.1, 0.15) is 5.82 Å². The molecule has 0 aliphatic rings. The van der Waals surface area contributed by atoms with Crippen molar-refractivity contribution in [2.45, 2.75) is 26.3 Å². The van der Waals surface area contributed by atoms with Crippen molar-refractivity contribution in [3.05, 3.63) is 24.0 Å². The second-order valence-corrected chi connectivity index (χ2v) is 4.08. The van der Waals surface area contributed by atoms with Crippen LogP contribution in [-0.4, -0.2) is 5.54 Å². The number of para-hydroxylation sites is 1. The molecular weight excluding hydrogens is 167 g/mol. The molecule has 1 aromatic rings. The summed E-state index contributed by atoms with van der Waals surface area (Å²) in [5.74, 6) is -0.310. The highest BCUT2D eigenvalue weighted by Gasteiger charge is 2.13. The summed E-state index contributed by atoms with van der Waals surface area (Å²) >= 11 is 0. The van der Waals surface area contributed by atoms with Crippen LogP contribution in [0.5, 0.6) is 0 Å². The van der Waals surface area contributed by atoms with Crippen LogP contribution in [0.1, 0.15) is 20.8 Å². The van der Waals surface area contributed by atoms with E-state index in [-0.39, 0.29) is 11.4 Å². The first kappa shape index (κ1) is 9.84. The summed E-state index contributed by atoms with van der Waals surface area (Å²) in [6.07, 6.45) is 0. The fraction of sp³-hybridized carbons (Fsp3) is 0.400. The average molecular weight is 182 g/mol. The molecule has 3 heteroatoms. The van der Waals surface area contributed by atoms with Gasteiger partial charge in [0.25, 0.3) is 0 Å². The van der Waals surface area contributed by atoms with Crippen LogP contribution in [0.15, 0.2) is 18.2 Å². The molecule has 0 spiro atoms. The summed E-state index contributed by atoms with van der Waals surface area (Å²) < 4.78 is 13.2. The molecule has 0 unspecified atom stereocenters. The van der Waals surface area contributed by atoms with Gasteiger partial charge in [-0.05, 0) is 32.9 Å². The highest BCUT2D eigenvalue weighted by molar-refractivity contribution is 5.67. The molecule has 0 atom stereocenters. The first-order valence-corrected chi connectivity index (χ1v) is 4.22. The van der Waals surface area contributed by atoms with E-state index >= 15 is 0 Å². The first-order chi connectivity index (χ1) is 5.90. The molecule has 3 N–H and O–H groups in total. The van der Waals surface area contributed by atoms with E-state index in [1.54, 1.807) is 12.1 Å². The molecule has 0 aliphatic heterocycles. The van der Waals surface area contributed by atoms with Crippen molar-refractivity contribution >= 4 is 11.4 Å². The number of anilines is 2. The van der Waals surface area contributed by atoms with Crippen LogP contribution in [0.2, 0.25) is 0 Å². The normalized spacial score (nSPS) is 11.4. The van der Waals surface area contributed by atoms with Crippen molar-refractivity contribution in [2.75, 3.05) is 11.1 Å². The van der Waals surface area contributed by atoms with Crippen molar-refractivity contribution in [3.63, 3.8) is 0 Å². The van der Waals surface area contributed by atoms with Gasteiger partial charge in [-0.2, -0.15) is 0 Å². The Hall–Kier alpha value is -1.25. The molecule has 0 fully saturated rings. The summed E-state index contributed by atoms with van der Waals surface area (Å²) in [5.41, 5.74) is 6.27. The Bertz CT molecular complexity index is 282. The molecule has 2 nitrogen and oxygen atoms in total. The van der Waals surface area contributed by atoms with Crippen molar-refractivity contribution < 1.29 is 4.39 Å². The first-order valence-electron chi connectivity index (χ1n) is 4.22. The summed E-state index contributed by atoms with van der Waals surface area (Å²) in [5, 5.41) is 3.02. The lowest BCUT2D eigenvalue weighted by Crippen LogP contribution is -2.27. The second kappa shape index (κ2) is 3.24. The van der Waals surface area contributed by atoms with Crippen LogP contribution >= 0.6 is 0 Å². The zero-order valence-corrected chi connectivity index (χ0v) is 8.19.